The highest BCUT2D eigenvalue weighted by molar-refractivity contribution is 5.85. The van der Waals surface area contributed by atoms with E-state index in [1.165, 1.54) is 18.4 Å². The fraction of sp³-hybridized carbons (Fsp3) is 0.375. The first kappa shape index (κ1) is 19.1. The van der Waals surface area contributed by atoms with Gasteiger partial charge < -0.3 is 15.5 Å². The molecule has 1 unspecified atom stereocenters. The van der Waals surface area contributed by atoms with E-state index >= 15 is 0 Å². The molecule has 0 spiro atoms. The smallest absolute Gasteiger partial charge is 0.236 e. The molecule has 126 valence electrons. The van der Waals surface area contributed by atoms with Crippen molar-refractivity contribution in [3.63, 3.8) is 0 Å². The summed E-state index contributed by atoms with van der Waals surface area (Å²) in [6.07, 6.45) is 3.63. The van der Waals surface area contributed by atoms with Crippen LogP contribution < -0.4 is 11.1 Å². The summed E-state index contributed by atoms with van der Waals surface area (Å²) in [5.74, 6) is -0.0187. The van der Waals surface area contributed by atoms with Crippen LogP contribution in [0.3, 0.4) is 0 Å². The lowest BCUT2D eigenvalue weighted by Gasteiger charge is -2.10. The lowest BCUT2D eigenvalue weighted by Crippen LogP contribution is -2.41. The van der Waals surface area contributed by atoms with Gasteiger partial charge in [-0.15, -0.1) is 12.4 Å². The minimum absolute atomic E-state index is 0. The van der Waals surface area contributed by atoms with Crippen LogP contribution in [0.15, 0.2) is 34.9 Å². The summed E-state index contributed by atoms with van der Waals surface area (Å²) in [5, 5.41) is 2.78. The molecule has 0 bridgehead atoms. The Hall–Kier alpha value is -1.92. The number of amides is 1. The van der Waals surface area contributed by atoms with Gasteiger partial charge in [0.2, 0.25) is 11.8 Å². The molecule has 0 aliphatic carbocycles. The normalized spacial score (nSPS) is 11.6. The molecular weight excluding hydrogens is 321 g/mol. The third-order valence-electron chi connectivity index (χ3n) is 3.26. The molecule has 1 atom stereocenters. The van der Waals surface area contributed by atoms with Gasteiger partial charge in [-0.05, 0) is 30.7 Å². The summed E-state index contributed by atoms with van der Waals surface area (Å²) in [6.45, 7) is 2.44. The van der Waals surface area contributed by atoms with Crippen molar-refractivity contribution in [3.8, 4) is 11.5 Å². The predicted octanol–water partition coefficient (Wildman–Crippen LogP) is 2.69. The van der Waals surface area contributed by atoms with E-state index < -0.39 is 6.04 Å². The van der Waals surface area contributed by atoms with Gasteiger partial charge in [-0.25, -0.2) is 9.37 Å². The molecule has 1 heterocycles. The fourth-order valence-electron chi connectivity index (χ4n) is 2.03. The molecule has 0 radical (unpaired) electrons. The molecule has 2 rings (SSSR count). The average Bonchev–Trinajstić information content (AvgIpc) is 2.97. The van der Waals surface area contributed by atoms with Crippen LogP contribution in [0.1, 0.15) is 25.5 Å². The number of rotatable bonds is 7. The van der Waals surface area contributed by atoms with Crippen LogP contribution in [-0.4, -0.2) is 23.5 Å². The number of benzene rings is 1. The summed E-state index contributed by atoms with van der Waals surface area (Å²) in [7, 11) is 0. The van der Waals surface area contributed by atoms with Gasteiger partial charge in [-0.1, -0.05) is 13.3 Å². The molecule has 0 saturated carbocycles. The number of nitrogens with zero attached hydrogens (tertiary/aromatic N) is 1. The number of hydrogen-bond acceptors (Lipinski definition) is 4. The first-order chi connectivity index (χ1) is 10.6. The molecule has 5 nitrogen and oxygen atoms in total. The van der Waals surface area contributed by atoms with Gasteiger partial charge in [0.1, 0.15) is 12.1 Å². The Bertz CT molecular complexity index is 616. The molecule has 0 fully saturated rings. The Morgan fingerprint density at radius 2 is 2.09 bits per heavy atom. The minimum atomic E-state index is -0.461. The number of carbonyl (C=O) groups is 1. The monoisotopic (exact) mass is 341 g/mol. The highest BCUT2D eigenvalue weighted by Crippen LogP contribution is 2.18. The summed E-state index contributed by atoms with van der Waals surface area (Å²) in [5.41, 5.74) is 7.16. The molecule has 1 aromatic carbocycles. The van der Waals surface area contributed by atoms with Gasteiger partial charge >= 0.3 is 0 Å². The van der Waals surface area contributed by atoms with E-state index in [2.05, 4.69) is 10.3 Å². The van der Waals surface area contributed by atoms with E-state index in [-0.39, 0.29) is 24.1 Å². The highest BCUT2D eigenvalue weighted by atomic mass is 35.5. The zero-order valence-electron chi connectivity index (χ0n) is 12.9. The van der Waals surface area contributed by atoms with Crippen LogP contribution in [0, 0.1) is 5.82 Å². The zero-order chi connectivity index (χ0) is 15.9. The molecule has 0 aliphatic rings. The SMILES string of the molecule is CCCC(N)C(=O)NCCc1coc(-c2ccc(F)cc2)n1.Cl. The van der Waals surface area contributed by atoms with Crippen molar-refractivity contribution in [2.75, 3.05) is 6.54 Å². The van der Waals surface area contributed by atoms with Crippen molar-refractivity contribution in [2.45, 2.75) is 32.2 Å². The molecule has 1 amide bonds. The van der Waals surface area contributed by atoms with Crippen molar-refractivity contribution < 1.29 is 13.6 Å². The van der Waals surface area contributed by atoms with Gasteiger partial charge in [-0.3, -0.25) is 4.79 Å². The Morgan fingerprint density at radius 3 is 2.74 bits per heavy atom. The number of aromatic nitrogens is 1. The molecule has 3 N–H and O–H groups in total. The Labute approximate surface area is 140 Å². The van der Waals surface area contributed by atoms with Gasteiger partial charge in [0.15, 0.2) is 0 Å². The number of oxazole rings is 1. The lowest BCUT2D eigenvalue weighted by atomic mass is 10.1. The molecule has 0 saturated heterocycles. The standard InChI is InChI=1S/C16H20FN3O2.ClH/c1-2-3-14(18)15(21)19-9-8-13-10-22-16(20-13)11-4-6-12(17)7-5-11;/h4-7,10,14H,2-3,8-9,18H2,1H3,(H,19,21);1H. The molecule has 1 aromatic heterocycles. The maximum atomic E-state index is 12.9. The van der Waals surface area contributed by atoms with Crippen LogP contribution in [0.5, 0.6) is 0 Å². The maximum absolute atomic E-state index is 12.9. The first-order valence-electron chi connectivity index (χ1n) is 7.33. The third kappa shape index (κ3) is 5.65. The first-order valence-corrected chi connectivity index (χ1v) is 7.33. The van der Waals surface area contributed by atoms with Crippen LogP contribution in [0.4, 0.5) is 4.39 Å². The molecule has 2 aromatic rings. The molecule has 0 aliphatic heterocycles. The van der Waals surface area contributed by atoms with Crippen molar-refractivity contribution >= 4 is 18.3 Å². The number of nitrogens with two attached hydrogens (primary N) is 1. The summed E-state index contributed by atoms with van der Waals surface area (Å²) >= 11 is 0. The Balaban J connectivity index is 0.00000264. The second-order valence-corrected chi connectivity index (χ2v) is 5.09. The summed E-state index contributed by atoms with van der Waals surface area (Å²) in [6, 6.07) is 5.47. The topological polar surface area (TPSA) is 81.2 Å². The maximum Gasteiger partial charge on any atom is 0.236 e. The average molecular weight is 342 g/mol. The van der Waals surface area contributed by atoms with Crippen molar-refractivity contribution in [3.05, 3.63) is 42.0 Å². The lowest BCUT2D eigenvalue weighted by molar-refractivity contribution is -0.122. The largest absolute Gasteiger partial charge is 0.444 e. The minimum Gasteiger partial charge on any atom is -0.444 e. The molecular formula is C16H21ClFN3O2. The number of carbonyl (C=O) groups excluding carboxylic acids is 1. The second-order valence-electron chi connectivity index (χ2n) is 5.09. The van der Waals surface area contributed by atoms with Crippen LogP contribution in [0.25, 0.3) is 11.5 Å². The van der Waals surface area contributed by atoms with Crippen LogP contribution >= 0.6 is 12.4 Å². The molecule has 7 heteroatoms. The summed E-state index contributed by atoms with van der Waals surface area (Å²) < 4.78 is 18.2. The number of hydrogen-bond donors (Lipinski definition) is 2. The Morgan fingerprint density at radius 1 is 1.39 bits per heavy atom. The van der Waals surface area contributed by atoms with Crippen molar-refractivity contribution in [2.24, 2.45) is 5.73 Å². The molecule has 23 heavy (non-hydrogen) atoms. The van der Waals surface area contributed by atoms with Crippen LogP contribution in [-0.2, 0) is 11.2 Å². The van der Waals surface area contributed by atoms with Crippen molar-refractivity contribution in [1.82, 2.24) is 10.3 Å². The highest BCUT2D eigenvalue weighted by Gasteiger charge is 2.12. The van der Waals surface area contributed by atoms with E-state index in [0.29, 0.717) is 30.8 Å². The van der Waals surface area contributed by atoms with E-state index in [9.17, 15) is 9.18 Å². The van der Waals surface area contributed by atoms with Gasteiger partial charge in [-0.2, -0.15) is 0 Å². The predicted molar refractivity (Wildman–Crippen MR) is 88.7 cm³/mol. The van der Waals surface area contributed by atoms with Gasteiger partial charge in [0, 0.05) is 18.5 Å². The van der Waals surface area contributed by atoms with Crippen LogP contribution in [0.2, 0.25) is 0 Å². The van der Waals surface area contributed by atoms with Gasteiger partial charge in [0.25, 0.3) is 0 Å². The third-order valence-corrected chi connectivity index (χ3v) is 3.26. The fourth-order valence-corrected chi connectivity index (χ4v) is 2.03. The Kier molecular flexibility index (Phi) is 7.71. The van der Waals surface area contributed by atoms with Crippen molar-refractivity contribution in [1.29, 1.82) is 0 Å². The van der Waals surface area contributed by atoms with E-state index in [4.69, 9.17) is 10.2 Å². The summed E-state index contributed by atoms with van der Waals surface area (Å²) in [4.78, 5) is 16.0. The number of halogens is 2. The second kappa shape index (κ2) is 9.27. The zero-order valence-corrected chi connectivity index (χ0v) is 13.7. The van der Waals surface area contributed by atoms with E-state index in [1.807, 2.05) is 6.92 Å². The van der Waals surface area contributed by atoms with Gasteiger partial charge in [0.05, 0.1) is 11.7 Å². The van der Waals surface area contributed by atoms with E-state index in [0.717, 1.165) is 12.1 Å². The van der Waals surface area contributed by atoms with E-state index in [1.54, 1.807) is 12.1 Å². The quantitative estimate of drug-likeness (QED) is 0.811. The number of nitrogens with one attached hydrogen (secondary N) is 1.